The van der Waals surface area contributed by atoms with Crippen molar-refractivity contribution >= 4 is 55.7 Å². The van der Waals surface area contributed by atoms with Crippen molar-refractivity contribution in [3.8, 4) is 22.3 Å². The van der Waals surface area contributed by atoms with Crippen molar-refractivity contribution in [3.63, 3.8) is 0 Å². The molecule has 246 valence electrons. The molecule has 9 rings (SSSR count). The monoisotopic (exact) mass is 664 g/mol. The molecule has 9 aromatic carbocycles. The molecule has 0 amide bonds. The topological polar surface area (TPSA) is 6.48 Å². The van der Waals surface area contributed by atoms with Gasteiger partial charge in [0.25, 0.3) is 0 Å². The van der Waals surface area contributed by atoms with Gasteiger partial charge in [-0.3, -0.25) is 0 Å². The Kier molecular flexibility index (Phi) is 8.24. The van der Waals surface area contributed by atoms with Crippen LogP contribution in [-0.4, -0.2) is 0 Å². The molecule has 0 radical (unpaired) electrons. The van der Waals surface area contributed by atoms with Crippen LogP contribution >= 0.6 is 0 Å². The third kappa shape index (κ3) is 5.97. The lowest BCUT2D eigenvalue weighted by atomic mass is 9.94. The number of rotatable bonds is 8. The van der Waals surface area contributed by atoms with E-state index in [9.17, 15) is 0 Å². The van der Waals surface area contributed by atoms with Crippen molar-refractivity contribution in [2.45, 2.75) is 0 Å². The van der Waals surface area contributed by atoms with Crippen LogP contribution in [-0.2, 0) is 0 Å². The molecule has 0 aromatic heterocycles. The fourth-order valence-corrected chi connectivity index (χ4v) is 7.31. The van der Waals surface area contributed by atoms with Crippen molar-refractivity contribution in [2.24, 2.45) is 0 Å². The van der Waals surface area contributed by atoms with E-state index in [-0.39, 0.29) is 0 Å². The molecule has 52 heavy (non-hydrogen) atoms. The third-order valence-electron chi connectivity index (χ3n) is 9.80. The van der Waals surface area contributed by atoms with E-state index in [2.05, 4.69) is 228 Å². The number of hydrogen-bond donors (Lipinski definition) is 0. The summed E-state index contributed by atoms with van der Waals surface area (Å²) in [6.07, 6.45) is 0. The average molecular weight is 665 g/mol. The fourth-order valence-electron chi connectivity index (χ4n) is 7.31. The first-order valence-corrected chi connectivity index (χ1v) is 17.8. The van der Waals surface area contributed by atoms with Crippen LogP contribution < -0.4 is 9.80 Å². The van der Waals surface area contributed by atoms with Gasteiger partial charge in [0.05, 0.1) is 5.69 Å². The summed E-state index contributed by atoms with van der Waals surface area (Å²) in [7, 11) is 0. The van der Waals surface area contributed by atoms with Crippen LogP contribution in [0, 0.1) is 0 Å². The van der Waals surface area contributed by atoms with Gasteiger partial charge in [-0.25, -0.2) is 0 Å². The quantitative estimate of drug-likeness (QED) is 0.149. The molecule has 0 saturated heterocycles. The highest BCUT2D eigenvalue weighted by molar-refractivity contribution is 6.16. The third-order valence-corrected chi connectivity index (χ3v) is 9.80. The molecule has 0 spiro atoms. The molecule has 0 aliphatic heterocycles. The predicted molar refractivity (Wildman–Crippen MR) is 222 cm³/mol. The summed E-state index contributed by atoms with van der Waals surface area (Å²) in [6, 6.07) is 78.3. The van der Waals surface area contributed by atoms with Gasteiger partial charge in [-0.05, 0) is 111 Å². The van der Waals surface area contributed by atoms with E-state index in [1.54, 1.807) is 0 Å². The second-order valence-corrected chi connectivity index (χ2v) is 13.0. The predicted octanol–water partition coefficient (Wildman–Crippen LogP) is 14.3. The van der Waals surface area contributed by atoms with Gasteiger partial charge in [0, 0.05) is 33.8 Å². The maximum absolute atomic E-state index is 2.41. The van der Waals surface area contributed by atoms with E-state index < -0.39 is 0 Å². The van der Waals surface area contributed by atoms with E-state index in [4.69, 9.17) is 0 Å². The van der Waals surface area contributed by atoms with Crippen LogP contribution in [0.15, 0.2) is 218 Å². The molecule has 2 heteroatoms. The smallest absolute Gasteiger partial charge is 0.0552 e. The molecule has 0 fully saturated rings. The maximum atomic E-state index is 2.41. The van der Waals surface area contributed by atoms with Gasteiger partial charge in [-0.15, -0.1) is 0 Å². The highest BCUT2D eigenvalue weighted by Crippen LogP contribution is 2.45. The zero-order valence-corrected chi connectivity index (χ0v) is 28.7. The number of fused-ring (bicyclic) bond motifs is 3. The van der Waals surface area contributed by atoms with Crippen molar-refractivity contribution < 1.29 is 0 Å². The Labute approximate surface area is 305 Å². The van der Waals surface area contributed by atoms with Crippen LogP contribution in [0.5, 0.6) is 0 Å². The largest absolute Gasteiger partial charge is 0.311 e. The fraction of sp³-hybridized carbons (Fsp3) is 0. The first-order valence-electron chi connectivity index (χ1n) is 17.8. The minimum atomic E-state index is 1.11. The molecule has 9 aromatic rings. The molecule has 0 aliphatic carbocycles. The molecular weight excluding hydrogens is 629 g/mol. The van der Waals surface area contributed by atoms with E-state index in [1.165, 1.54) is 32.7 Å². The minimum Gasteiger partial charge on any atom is -0.311 e. The number of hydrogen-bond acceptors (Lipinski definition) is 2. The number of para-hydroxylation sites is 3. The van der Waals surface area contributed by atoms with Crippen LogP contribution in [0.2, 0.25) is 0 Å². The lowest BCUT2D eigenvalue weighted by molar-refractivity contribution is 1.28. The standard InChI is InChI=1S/C50H36N2/c1-5-15-37(16-6-1)38-27-33-47(34-28-38)52(45-22-11-4-12-23-45)49-36-42(35-41-26-25-40-17-13-14-24-48(40)50(41)49)39-29-31-46(32-30-39)51(43-18-7-2-8-19-43)44-20-9-3-10-21-44/h1-36H. The van der Waals surface area contributed by atoms with Crippen molar-refractivity contribution in [1.29, 1.82) is 0 Å². The number of anilines is 6. The van der Waals surface area contributed by atoms with Gasteiger partial charge in [0.1, 0.15) is 0 Å². The summed E-state index contributed by atoms with van der Waals surface area (Å²) in [4.78, 5) is 4.71. The Morgan fingerprint density at radius 3 is 1.23 bits per heavy atom. The maximum Gasteiger partial charge on any atom is 0.0552 e. The second kappa shape index (κ2) is 13.8. The van der Waals surface area contributed by atoms with Crippen LogP contribution in [0.4, 0.5) is 34.1 Å². The van der Waals surface area contributed by atoms with Gasteiger partial charge < -0.3 is 9.80 Å². The molecule has 0 aliphatic rings. The van der Waals surface area contributed by atoms with E-state index in [0.717, 1.165) is 45.3 Å². The Morgan fingerprint density at radius 1 is 0.250 bits per heavy atom. The van der Waals surface area contributed by atoms with E-state index >= 15 is 0 Å². The van der Waals surface area contributed by atoms with Crippen molar-refractivity contribution in [2.75, 3.05) is 9.80 Å². The molecular formula is C50H36N2. The van der Waals surface area contributed by atoms with Crippen LogP contribution in [0.3, 0.4) is 0 Å². The second-order valence-electron chi connectivity index (χ2n) is 13.0. The first kappa shape index (κ1) is 31.1. The highest BCUT2D eigenvalue weighted by atomic mass is 15.1. The average Bonchev–Trinajstić information content (AvgIpc) is 3.23. The lowest BCUT2D eigenvalue weighted by Gasteiger charge is -2.28. The zero-order valence-electron chi connectivity index (χ0n) is 28.7. The Hall–Kier alpha value is -6.90. The van der Waals surface area contributed by atoms with Crippen molar-refractivity contribution in [1.82, 2.24) is 0 Å². The number of nitrogens with zero attached hydrogens (tertiary/aromatic N) is 2. The SMILES string of the molecule is c1ccc(-c2ccc(N(c3ccccc3)c3cc(-c4ccc(N(c5ccccc5)c5ccccc5)cc4)cc4ccc5ccccc5c34)cc2)cc1. The molecule has 0 bridgehead atoms. The molecule has 0 heterocycles. The van der Waals surface area contributed by atoms with Gasteiger partial charge in [-0.1, -0.05) is 146 Å². The normalized spacial score (nSPS) is 11.1. The molecule has 0 saturated carbocycles. The Balaban J connectivity index is 1.21. The van der Waals surface area contributed by atoms with Gasteiger partial charge >= 0.3 is 0 Å². The Bertz CT molecular complexity index is 2540. The van der Waals surface area contributed by atoms with Gasteiger partial charge in [-0.2, -0.15) is 0 Å². The zero-order chi connectivity index (χ0) is 34.7. The lowest BCUT2D eigenvalue weighted by Crippen LogP contribution is -2.11. The first-order chi connectivity index (χ1) is 25.8. The minimum absolute atomic E-state index is 1.11. The summed E-state index contributed by atoms with van der Waals surface area (Å²) in [5.74, 6) is 0. The Morgan fingerprint density at radius 2 is 0.654 bits per heavy atom. The summed E-state index contributed by atoms with van der Waals surface area (Å²) >= 11 is 0. The highest BCUT2D eigenvalue weighted by Gasteiger charge is 2.19. The van der Waals surface area contributed by atoms with E-state index in [0.29, 0.717) is 0 Å². The summed E-state index contributed by atoms with van der Waals surface area (Å²) in [6.45, 7) is 0. The molecule has 0 unspecified atom stereocenters. The summed E-state index contributed by atoms with van der Waals surface area (Å²) in [5.41, 5.74) is 11.4. The van der Waals surface area contributed by atoms with Gasteiger partial charge in [0.2, 0.25) is 0 Å². The van der Waals surface area contributed by atoms with Crippen LogP contribution in [0.25, 0.3) is 43.8 Å². The molecule has 0 atom stereocenters. The molecule has 2 nitrogen and oxygen atoms in total. The van der Waals surface area contributed by atoms with E-state index in [1.807, 2.05) is 0 Å². The molecule has 0 N–H and O–H groups in total. The van der Waals surface area contributed by atoms with Crippen molar-refractivity contribution in [3.05, 3.63) is 218 Å². The van der Waals surface area contributed by atoms with Gasteiger partial charge in [0.15, 0.2) is 0 Å². The number of benzene rings is 9. The van der Waals surface area contributed by atoms with Crippen LogP contribution in [0.1, 0.15) is 0 Å². The summed E-state index contributed by atoms with van der Waals surface area (Å²) in [5, 5.41) is 4.89. The summed E-state index contributed by atoms with van der Waals surface area (Å²) < 4.78 is 0.